The summed E-state index contributed by atoms with van der Waals surface area (Å²) in [5, 5.41) is 0.364. The Labute approximate surface area is 134 Å². The summed E-state index contributed by atoms with van der Waals surface area (Å²) in [4.78, 5) is 0. The van der Waals surface area contributed by atoms with Crippen molar-refractivity contribution in [1.29, 1.82) is 0 Å². The molecule has 0 amide bonds. The number of rotatable bonds is 3. The van der Waals surface area contributed by atoms with Gasteiger partial charge in [-0.1, -0.05) is 29.8 Å². The van der Waals surface area contributed by atoms with E-state index in [0.717, 1.165) is 36.3 Å². The quantitative estimate of drug-likeness (QED) is 0.740. The zero-order valence-corrected chi connectivity index (χ0v) is 13.2. The minimum absolute atomic E-state index is 0.274. The van der Waals surface area contributed by atoms with Crippen molar-refractivity contribution in [3.8, 4) is 11.5 Å². The van der Waals surface area contributed by atoms with Crippen LogP contribution in [0.3, 0.4) is 0 Å². The normalized spacial score (nSPS) is 15.0. The van der Waals surface area contributed by atoms with Gasteiger partial charge in [-0.15, -0.1) is 11.6 Å². The van der Waals surface area contributed by atoms with Crippen molar-refractivity contribution in [2.75, 3.05) is 13.7 Å². The van der Waals surface area contributed by atoms with Gasteiger partial charge in [-0.3, -0.25) is 0 Å². The first-order valence-corrected chi connectivity index (χ1v) is 7.73. The first-order chi connectivity index (χ1) is 10.2. The first kappa shape index (κ1) is 14.6. The van der Waals surface area contributed by atoms with Crippen molar-refractivity contribution in [2.45, 2.75) is 18.2 Å². The number of fused-ring (bicyclic) bond motifs is 1. The maximum Gasteiger partial charge on any atom is 0.125 e. The molecule has 0 saturated heterocycles. The third-order valence-electron chi connectivity index (χ3n) is 3.69. The van der Waals surface area contributed by atoms with Gasteiger partial charge in [0.2, 0.25) is 0 Å². The smallest absolute Gasteiger partial charge is 0.125 e. The molecule has 1 aliphatic heterocycles. The average molecular weight is 323 g/mol. The van der Waals surface area contributed by atoms with Crippen LogP contribution in [0.1, 0.15) is 28.5 Å². The van der Waals surface area contributed by atoms with E-state index < -0.39 is 0 Å². The maximum atomic E-state index is 6.65. The molecule has 0 radical (unpaired) electrons. The molecule has 21 heavy (non-hydrogen) atoms. The van der Waals surface area contributed by atoms with E-state index in [1.807, 2.05) is 24.3 Å². The standard InChI is InChI=1S/C17H16Cl2O2/c1-20-16-10-13(18)5-6-14(16)17(19)12-4-7-15-11(9-12)3-2-8-21-15/h4-7,9-10,17H,2-3,8H2,1H3. The highest BCUT2D eigenvalue weighted by molar-refractivity contribution is 6.30. The lowest BCUT2D eigenvalue weighted by Crippen LogP contribution is -2.09. The zero-order valence-electron chi connectivity index (χ0n) is 11.7. The van der Waals surface area contributed by atoms with Gasteiger partial charge in [0.15, 0.2) is 0 Å². The van der Waals surface area contributed by atoms with Gasteiger partial charge < -0.3 is 9.47 Å². The zero-order chi connectivity index (χ0) is 14.8. The van der Waals surface area contributed by atoms with Crippen molar-refractivity contribution in [3.05, 3.63) is 58.1 Å². The molecule has 3 rings (SSSR count). The summed E-state index contributed by atoms with van der Waals surface area (Å²) >= 11 is 12.6. The lowest BCUT2D eigenvalue weighted by atomic mass is 9.98. The fourth-order valence-corrected chi connectivity index (χ4v) is 3.09. The molecule has 1 heterocycles. The average Bonchev–Trinajstić information content (AvgIpc) is 2.53. The fourth-order valence-electron chi connectivity index (χ4n) is 2.61. The van der Waals surface area contributed by atoms with Crippen molar-refractivity contribution in [2.24, 2.45) is 0 Å². The largest absolute Gasteiger partial charge is 0.496 e. The molecule has 0 bridgehead atoms. The van der Waals surface area contributed by atoms with Crippen LogP contribution in [0.4, 0.5) is 0 Å². The van der Waals surface area contributed by atoms with Gasteiger partial charge in [0.1, 0.15) is 11.5 Å². The topological polar surface area (TPSA) is 18.5 Å². The molecule has 2 nitrogen and oxygen atoms in total. The van der Waals surface area contributed by atoms with Crippen LogP contribution in [0.5, 0.6) is 11.5 Å². The second kappa shape index (κ2) is 6.17. The third kappa shape index (κ3) is 2.97. The van der Waals surface area contributed by atoms with Gasteiger partial charge in [-0.25, -0.2) is 0 Å². The predicted octanol–water partition coefficient (Wildman–Crippen LogP) is 5.00. The molecule has 0 N–H and O–H groups in total. The number of hydrogen-bond donors (Lipinski definition) is 0. The highest BCUT2D eigenvalue weighted by Gasteiger charge is 2.19. The molecular weight excluding hydrogens is 307 g/mol. The molecule has 1 aliphatic rings. The van der Waals surface area contributed by atoms with Gasteiger partial charge in [0.25, 0.3) is 0 Å². The number of alkyl halides is 1. The third-order valence-corrected chi connectivity index (χ3v) is 4.42. The summed E-state index contributed by atoms with van der Waals surface area (Å²) < 4.78 is 11.0. The molecule has 110 valence electrons. The Kier molecular flexibility index (Phi) is 4.27. The Morgan fingerprint density at radius 1 is 1.19 bits per heavy atom. The molecule has 0 saturated carbocycles. The van der Waals surface area contributed by atoms with Crippen LogP contribution in [-0.4, -0.2) is 13.7 Å². The van der Waals surface area contributed by atoms with Crippen molar-refractivity contribution >= 4 is 23.2 Å². The second-order valence-electron chi connectivity index (χ2n) is 5.07. The van der Waals surface area contributed by atoms with E-state index in [1.165, 1.54) is 5.56 Å². The van der Waals surface area contributed by atoms with E-state index in [0.29, 0.717) is 10.8 Å². The van der Waals surface area contributed by atoms with Crippen LogP contribution >= 0.6 is 23.2 Å². The summed E-state index contributed by atoms with van der Waals surface area (Å²) in [5.74, 6) is 1.67. The molecule has 4 heteroatoms. The number of aryl methyl sites for hydroxylation is 1. The van der Waals surface area contributed by atoms with E-state index in [1.54, 1.807) is 13.2 Å². The Balaban J connectivity index is 1.96. The van der Waals surface area contributed by atoms with Crippen LogP contribution in [0.15, 0.2) is 36.4 Å². The van der Waals surface area contributed by atoms with Crippen LogP contribution in [0, 0.1) is 0 Å². The minimum atomic E-state index is -0.274. The molecule has 0 aliphatic carbocycles. The predicted molar refractivity (Wildman–Crippen MR) is 86.0 cm³/mol. The number of halogens is 2. The van der Waals surface area contributed by atoms with Gasteiger partial charge in [0.05, 0.1) is 19.1 Å². The Morgan fingerprint density at radius 2 is 2.05 bits per heavy atom. The SMILES string of the molecule is COc1cc(Cl)ccc1C(Cl)c1ccc2c(c1)CCCO2. The van der Waals surface area contributed by atoms with Crippen molar-refractivity contribution < 1.29 is 9.47 Å². The summed E-state index contributed by atoms with van der Waals surface area (Å²) in [5.41, 5.74) is 3.18. The van der Waals surface area contributed by atoms with E-state index in [9.17, 15) is 0 Å². The lowest BCUT2D eigenvalue weighted by molar-refractivity contribution is 0.288. The van der Waals surface area contributed by atoms with E-state index in [2.05, 4.69) is 6.07 Å². The summed E-state index contributed by atoms with van der Waals surface area (Å²) in [7, 11) is 1.62. The lowest BCUT2D eigenvalue weighted by Gasteiger charge is -2.20. The Bertz CT molecular complexity index is 655. The first-order valence-electron chi connectivity index (χ1n) is 6.92. The van der Waals surface area contributed by atoms with Crippen LogP contribution < -0.4 is 9.47 Å². The van der Waals surface area contributed by atoms with E-state index in [4.69, 9.17) is 32.7 Å². The van der Waals surface area contributed by atoms with Gasteiger partial charge >= 0.3 is 0 Å². The van der Waals surface area contributed by atoms with Crippen LogP contribution in [-0.2, 0) is 6.42 Å². The molecule has 0 aromatic heterocycles. The van der Waals surface area contributed by atoms with Crippen molar-refractivity contribution in [3.63, 3.8) is 0 Å². The van der Waals surface area contributed by atoms with Gasteiger partial charge in [-0.2, -0.15) is 0 Å². The summed E-state index contributed by atoms with van der Waals surface area (Å²) in [6.45, 7) is 0.793. The molecule has 2 aromatic carbocycles. The highest BCUT2D eigenvalue weighted by atomic mass is 35.5. The molecule has 1 atom stereocenters. The van der Waals surface area contributed by atoms with Crippen LogP contribution in [0.25, 0.3) is 0 Å². The minimum Gasteiger partial charge on any atom is -0.496 e. The molecule has 0 fully saturated rings. The Hall–Kier alpha value is -1.38. The van der Waals surface area contributed by atoms with Gasteiger partial charge in [0, 0.05) is 10.6 Å². The van der Waals surface area contributed by atoms with Crippen molar-refractivity contribution in [1.82, 2.24) is 0 Å². The summed E-state index contributed by atoms with van der Waals surface area (Å²) in [6.07, 6.45) is 2.08. The molecule has 0 spiro atoms. The molecule has 2 aromatic rings. The fraction of sp³-hybridized carbons (Fsp3) is 0.294. The number of methoxy groups -OCH3 is 1. The number of benzene rings is 2. The molecule has 1 unspecified atom stereocenters. The van der Waals surface area contributed by atoms with E-state index in [-0.39, 0.29) is 5.38 Å². The maximum absolute atomic E-state index is 6.65. The Morgan fingerprint density at radius 3 is 2.86 bits per heavy atom. The van der Waals surface area contributed by atoms with E-state index >= 15 is 0 Å². The number of hydrogen-bond acceptors (Lipinski definition) is 2. The molecular formula is C17H16Cl2O2. The second-order valence-corrected chi connectivity index (χ2v) is 5.94. The monoisotopic (exact) mass is 322 g/mol. The highest BCUT2D eigenvalue weighted by Crippen LogP contribution is 2.38. The van der Waals surface area contributed by atoms with Crippen LogP contribution in [0.2, 0.25) is 5.02 Å². The summed E-state index contributed by atoms with van der Waals surface area (Å²) in [6, 6.07) is 11.7. The van der Waals surface area contributed by atoms with Gasteiger partial charge in [-0.05, 0) is 42.2 Å². The number of ether oxygens (including phenoxy) is 2.